The van der Waals surface area contributed by atoms with Gasteiger partial charge in [-0.3, -0.25) is 9.59 Å². The Morgan fingerprint density at radius 1 is 1.31 bits per heavy atom. The summed E-state index contributed by atoms with van der Waals surface area (Å²) in [5, 5.41) is 0.413. The molecule has 0 spiro atoms. The second-order valence-electron chi connectivity index (χ2n) is 6.46. The fourth-order valence-corrected chi connectivity index (χ4v) is 3.99. The number of benzene rings is 1. The number of ether oxygens (including phenoxy) is 1. The molecule has 0 aliphatic carbocycles. The number of likely N-dealkylation sites (tertiary alicyclic amines) is 1. The predicted molar refractivity (Wildman–Crippen MR) is 97.2 cm³/mol. The molecule has 1 saturated heterocycles. The largest absolute Gasteiger partial charge is 0.455 e. The quantitative estimate of drug-likeness (QED) is 0.677. The first-order chi connectivity index (χ1) is 12.2. The van der Waals surface area contributed by atoms with E-state index in [4.69, 9.17) is 16.3 Å². The van der Waals surface area contributed by atoms with Crippen molar-refractivity contribution in [1.82, 2.24) is 9.21 Å². The summed E-state index contributed by atoms with van der Waals surface area (Å²) in [6, 6.07) is 5.64. The van der Waals surface area contributed by atoms with Crippen LogP contribution in [0.15, 0.2) is 29.2 Å². The molecule has 1 aliphatic rings. The van der Waals surface area contributed by atoms with Crippen LogP contribution in [0.5, 0.6) is 0 Å². The van der Waals surface area contributed by atoms with Gasteiger partial charge in [-0.05, 0) is 43.0 Å². The molecule has 1 aromatic rings. The number of rotatable bonds is 6. The summed E-state index contributed by atoms with van der Waals surface area (Å²) in [7, 11) is -2.56. The van der Waals surface area contributed by atoms with Gasteiger partial charge in [0.15, 0.2) is 6.61 Å². The number of amides is 1. The molecule has 0 saturated carbocycles. The molecule has 1 atom stereocenters. The fraction of sp³-hybridized carbons (Fsp3) is 0.529. The highest BCUT2D eigenvalue weighted by atomic mass is 35.5. The molecule has 2 rings (SSSR count). The van der Waals surface area contributed by atoms with E-state index in [0.717, 1.165) is 17.1 Å². The Hall–Kier alpha value is -1.64. The van der Waals surface area contributed by atoms with Crippen LogP contribution in [0.25, 0.3) is 0 Å². The molecule has 1 amide bonds. The van der Waals surface area contributed by atoms with Crippen LogP contribution < -0.4 is 0 Å². The van der Waals surface area contributed by atoms with E-state index < -0.39 is 22.5 Å². The summed E-state index contributed by atoms with van der Waals surface area (Å²) in [4.78, 5) is 25.7. The number of likely N-dealkylation sites (N-methyl/N-ethyl adjacent to an activating group) is 1. The third-order valence-corrected chi connectivity index (χ3v) is 6.31. The van der Waals surface area contributed by atoms with Crippen LogP contribution in [0.3, 0.4) is 0 Å². The number of carbonyl (C=O) groups is 2. The van der Waals surface area contributed by atoms with Crippen LogP contribution in [0.4, 0.5) is 0 Å². The van der Waals surface area contributed by atoms with Crippen molar-refractivity contribution in [2.75, 3.05) is 33.3 Å². The minimum atomic E-state index is -3.84. The number of hydrogen-bond acceptors (Lipinski definition) is 5. The van der Waals surface area contributed by atoms with Gasteiger partial charge in [0.1, 0.15) is 6.54 Å². The van der Waals surface area contributed by atoms with E-state index in [1.807, 2.05) is 0 Å². The molecule has 1 heterocycles. The van der Waals surface area contributed by atoms with Gasteiger partial charge in [0.2, 0.25) is 10.0 Å². The smallest absolute Gasteiger partial charge is 0.321 e. The van der Waals surface area contributed by atoms with E-state index in [2.05, 4.69) is 6.92 Å². The highest BCUT2D eigenvalue weighted by molar-refractivity contribution is 7.89. The molecular weight excluding hydrogens is 380 g/mol. The molecule has 1 aromatic carbocycles. The number of sulfonamides is 1. The molecule has 1 fully saturated rings. The number of piperidine rings is 1. The zero-order chi connectivity index (χ0) is 19.3. The van der Waals surface area contributed by atoms with E-state index in [-0.39, 0.29) is 17.4 Å². The molecule has 0 radical (unpaired) electrons. The number of halogens is 1. The first-order valence-corrected chi connectivity index (χ1v) is 10.2. The van der Waals surface area contributed by atoms with E-state index >= 15 is 0 Å². The normalized spacial score (nSPS) is 18.0. The highest BCUT2D eigenvalue weighted by Gasteiger charge is 2.25. The van der Waals surface area contributed by atoms with E-state index in [0.29, 0.717) is 24.0 Å². The van der Waals surface area contributed by atoms with Crippen LogP contribution in [0.2, 0.25) is 5.02 Å². The molecule has 0 aromatic heterocycles. The molecule has 1 unspecified atom stereocenters. The molecule has 1 aliphatic heterocycles. The Morgan fingerprint density at radius 3 is 2.58 bits per heavy atom. The van der Waals surface area contributed by atoms with Gasteiger partial charge in [-0.25, -0.2) is 8.42 Å². The van der Waals surface area contributed by atoms with Crippen LogP contribution in [-0.2, 0) is 24.3 Å². The van der Waals surface area contributed by atoms with Crippen molar-refractivity contribution in [2.45, 2.75) is 24.7 Å². The molecule has 9 heteroatoms. The van der Waals surface area contributed by atoms with Crippen molar-refractivity contribution >= 4 is 33.5 Å². The average molecular weight is 403 g/mol. The highest BCUT2D eigenvalue weighted by Crippen LogP contribution is 2.18. The molecule has 0 bridgehead atoms. The molecular formula is C17H23ClN2O5S. The number of nitrogens with zero attached hydrogens (tertiary/aromatic N) is 2. The van der Waals surface area contributed by atoms with Gasteiger partial charge >= 0.3 is 5.97 Å². The molecule has 0 N–H and O–H groups in total. The summed E-state index contributed by atoms with van der Waals surface area (Å²) in [6.45, 7) is 2.53. The summed E-state index contributed by atoms with van der Waals surface area (Å²) in [5.74, 6) is -0.601. The second-order valence-corrected chi connectivity index (χ2v) is 8.94. The summed E-state index contributed by atoms with van der Waals surface area (Å²) in [6.07, 6.45) is 2.01. The van der Waals surface area contributed by atoms with Crippen molar-refractivity contribution in [3.8, 4) is 0 Å². The van der Waals surface area contributed by atoms with Crippen molar-refractivity contribution in [1.29, 1.82) is 0 Å². The summed E-state index contributed by atoms with van der Waals surface area (Å²) in [5.41, 5.74) is 0. The van der Waals surface area contributed by atoms with Gasteiger partial charge in [0.25, 0.3) is 5.91 Å². The molecule has 26 heavy (non-hydrogen) atoms. The maximum atomic E-state index is 12.4. The van der Waals surface area contributed by atoms with Gasteiger partial charge in [-0.2, -0.15) is 4.31 Å². The fourth-order valence-electron chi connectivity index (χ4n) is 2.75. The van der Waals surface area contributed by atoms with Crippen LogP contribution >= 0.6 is 11.6 Å². The maximum absolute atomic E-state index is 12.4. The zero-order valence-electron chi connectivity index (χ0n) is 14.9. The topological polar surface area (TPSA) is 84.0 Å². The SMILES string of the molecule is CC1CCCN(C(=O)COC(=O)CN(C)S(=O)(=O)c2ccc(Cl)cc2)C1. The average Bonchev–Trinajstić information content (AvgIpc) is 2.60. The van der Waals surface area contributed by atoms with Crippen molar-refractivity contribution in [3.05, 3.63) is 29.3 Å². The number of carbonyl (C=O) groups excluding carboxylic acids is 2. The minimum absolute atomic E-state index is 0.0237. The lowest BCUT2D eigenvalue weighted by molar-refractivity contribution is -0.152. The third-order valence-electron chi connectivity index (χ3n) is 4.24. The second kappa shape index (κ2) is 8.83. The van der Waals surface area contributed by atoms with Crippen LogP contribution in [0.1, 0.15) is 19.8 Å². The minimum Gasteiger partial charge on any atom is -0.455 e. The molecule has 144 valence electrons. The Balaban J connectivity index is 1.86. The monoisotopic (exact) mass is 402 g/mol. The van der Waals surface area contributed by atoms with Crippen molar-refractivity contribution < 1.29 is 22.7 Å². The van der Waals surface area contributed by atoms with Crippen LogP contribution in [-0.4, -0.2) is 62.8 Å². The van der Waals surface area contributed by atoms with Crippen molar-refractivity contribution in [3.63, 3.8) is 0 Å². The Morgan fingerprint density at radius 2 is 1.96 bits per heavy atom. The Kier molecular flexibility index (Phi) is 7.02. The van der Waals surface area contributed by atoms with Crippen LogP contribution in [0, 0.1) is 5.92 Å². The predicted octanol–water partition coefficient (Wildman–Crippen LogP) is 1.76. The Bertz CT molecular complexity index is 751. The lowest BCUT2D eigenvalue weighted by Crippen LogP contribution is -2.42. The standard InChI is InChI=1S/C17H23ClN2O5S/c1-13-4-3-9-20(10-13)16(21)12-25-17(22)11-19(2)26(23,24)15-7-5-14(18)6-8-15/h5-8,13H,3-4,9-12H2,1-2H3. The lowest BCUT2D eigenvalue weighted by Gasteiger charge is -2.30. The van der Waals surface area contributed by atoms with Gasteiger partial charge in [-0.1, -0.05) is 18.5 Å². The van der Waals surface area contributed by atoms with Gasteiger partial charge in [-0.15, -0.1) is 0 Å². The lowest BCUT2D eigenvalue weighted by atomic mass is 10.0. The zero-order valence-corrected chi connectivity index (χ0v) is 16.4. The molecule has 7 nitrogen and oxygen atoms in total. The van der Waals surface area contributed by atoms with Gasteiger partial charge in [0, 0.05) is 25.2 Å². The third kappa shape index (κ3) is 5.43. The Labute approximate surface area is 158 Å². The number of hydrogen-bond donors (Lipinski definition) is 0. The van der Waals surface area contributed by atoms with E-state index in [1.54, 1.807) is 4.90 Å². The maximum Gasteiger partial charge on any atom is 0.321 e. The first-order valence-electron chi connectivity index (χ1n) is 8.35. The van der Waals surface area contributed by atoms with Gasteiger partial charge < -0.3 is 9.64 Å². The van der Waals surface area contributed by atoms with Gasteiger partial charge in [0.05, 0.1) is 4.90 Å². The van der Waals surface area contributed by atoms with Crippen molar-refractivity contribution in [2.24, 2.45) is 5.92 Å². The number of esters is 1. The van der Waals surface area contributed by atoms with E-state index in [1.165, 1.54) is 31.3 Å². The summed E-state index contributed by atoms with van der Waals surface area (Å²) < 4.78 is 30.6. The first kappa shape index (κ1) is 20.7. The summed E-state index contributed by atoms with van der Waals surface area (Å²) >= 11 is 5.75. The van der Waals surface area contributed by atoms with E-state index in [9.17, 15) is 18.0 Å².